The van der Waals surface area contributed by atoms with Crippen LogP contribution in [0.4, 0.5) is 0 Å². The van der Waals surface area contributed by atoms with E-state index >= 15 is 0 Å². The first kappa shape index (κ1) is 12.8. The number of nitrogens with two attached hydrogens (primary N) is 1. The Morgan fingerprint density at radius 2 is 2.00 bits per heavy atom. The number of hydrogen-bond donors (Lipinski definition) is 1. The Kier molecular flexibility index (Phi) is 4.46. The van der Waals surface area contributed by atoms with Crippen LogP contribution in [0.15, 0.2) is 0 Å². The third-order valence-electron chi connectivity index (χ3n) is 2.73. The molecule has 1 fully saturated rings. The van der Waals surface area contributed by atoms with Gasteiger partial charge in [-0.15, -0.1) is 0 Å². The van der Waals surface area contributed by atoms with Gasteiger partial charge in [0.1, 0.15) is 0 Å². The molecule has 1 heterocycles. The molecule has 1 saturated heterocycles. The lowest BCUT2D eigenvalue weighted by atomic mass is 9.86. The van der Waals surface area contributed by atoms with Gasteiger partial charge in [-0.2, -0.15) is 11.8 Å². The molecule has 0 saturated carbocycles. The van der Waals surface area contributed by atoms with Crippen LogP contribution in [0.5, 0.6) is 0 Å². The highest BCUT2D eigenvalue weighted by Crippen LogP contribution is 2.20. The van der Waals surface area contributed by atoms with Crippen LogP contribution in [0.3, 0.4) is 0 Å². The molecule has 0 bridgehead atoms. The van der Waals surface area contributed by atoms with Crippen LogP contribution in [-0.4, -0.2) is 41.4 Å². The Hall–Kier alpha value is -0.220. The monoisotopic (exact) mass is 230 g/mol. The maximum absolute atomic E-state index is 12.1. The van der Waals surface area contributed by atoms with E-state index < -0.39 is 0 Å². The van der Waals surface area contributed by atoms with Gasteiger partial charge in [0, 0.05) is 18.8 Å². The van der Waals surface area contributed by atoms with Gasteiger partial charge in [-0.05, 0) is 17.6 Å². The van der Waals surface area contributed by atoms with Crippen molar-refractivity contribution in [3.8, 4) is 0 Å². The maximum Gasteiger partial charge on any atom is 0.240 e. The average Bonchev–Trinajstić information content (AvgIpc) is 2.42. The molecule has 0 aromatic rings. The van der Waals surface area contributed by atoms with E-state index in [1.165, 1.54) is 0 Å². The molecule has 1 atom stereocenters. The summed E-state index contributed by atoms with van der Waals surface area (Å²) in [4.78, 5) is 14.0. The average molecular weight is 230 g/mol. The fraction of sp³-hybridized carbons (Fsp3) is 0.909. The summed E-state index contributed by atoms with van der Waals surface area (Å²) in [5.74, 6) is 2.32. The van der Waals surface area contributed by atoms with Crippen LogP contribution >= 0.6 is 11.8 Å². The lowest BCUT2D eigenvalue weighted by molar-refractivity contribution is -0.134. The van der Waals surface area contributed by atoms with E-state index in [2.05, 4.69) is 0 Å². The first-order valence-electron chi connectivity index (χ1n) is 5.55. The summed E-state index contributed by atoms with van der Waals surface area (Å²) in [7, 11) is 0. The SMILES string of the molecule is CC(C)(C)C(N)C(=O)N1CCCSCC1. The van der Waals surface area contributed by atoms with Gasteiger partial charge in [-0.3, -0.25) is 4.79 Å². The number of carbonyl (C=O) groups excluding carboxylic acids is 1. The maximum atomic E-state index is 12.1. The normalized spacial score (nSPS) is 20.9. The number of thioether (sulfide) groups is 1. The Bertz CT molecular complexity index is 217. The highest BCUT2D eigenvalue weighted by Gasteiger charge is 2.31. The van der Waals surface area contributed by atoms with E-state index in [1.54, 1.807) is 0 Å². The molecule has 15 heavy (non-hydrogen) atoms. The molecule has 0 aromatic carbocycles. The number of nitrogens with zero attached hydrogens (tertiary/aromatic N) is 1. The summed E-state index contributed by atoms with van der Waals surface area (Å²) in [6.45, 7) is 7.77. The molecule has 0 radical (unpaired) electrons. The van der Waals surface area contributed by atoms with Gasteiger partial charge in [0.25, 0.3) is 0 Å². The largest absolute Gasteiger partial charge is 0.340 e. The van der Waals surface area contributed by atoms with E-state index in [-0.39, 0.29) is 17.4 Å². The van der Waals surface area contributed by atoms with E-state index in [0.717, 1.165) is 31.0 Å². The first-order chi connectivity index (χ1) is 6.93. The molecular formula is C11H22N2OS. The Morgan fingerprint density at radius 1 is 1.33 bits per heavy atom. The van der Waals surface area contributed by atoms with Gasteiger partial charge in [0.15, 0.2) is 0 Å². The first-order valence-corrected chi connectivity index (χ1v) is 6.70. The fourth-order valence-corrected chi connectivity index (χ4v) is 2.42. The molecule has 4 heteroatoms. The van der Waals surface area contributed by atoms with Crippen molar-refractivity contribution in [2.24, 2.45) is 11.1 Å². The lowest BCUT2D eigenvalue weighted by Gasteiger charge is -2.31. The van der Waals surface area contributed by atoms with Crippen LogP contribution in [0, 0.1) is 5.41 Å². The van der Waals surface area contributed by atoms with Crippen molar-refractivity contribution in [2.75, 3.05) is 24.6 Å². The van der Waals surface area contributed by atoms with E-state index in [0.29, 0.717) is 0 Å². The third-order valence-corrected chi connectivity index (χ3v) is 3.78. The fourth-order valence-electron chi connectivity index (χ4n) is 1.53. The highest BCUT2D eigenvalue weighted by atomic mass is 32.2. The highest BCUT2D eigenvalue weighted by molar-refractivity contribution is 7.99. The van der Waals surface area contributed by atoms with Gasteiger partial charge in [-0.25, -0.2) is 0 Å². The molecule has 1 unspecified atom stereocenters. The van der Waals surface area contributed by atoms with Crippen LogP contribution < -0.4 is 5.73 Å². The van der Waals surface area contributed by atoms with Crippen molar-refractivity contribution in [2.45, 2.75) is 33.2 Å². The Labute approximate surface area is 96.8 Å². The van der Waals surface area contributed by atoms with Gasteiger partial charge >= 0.3 is 0 Å². The molecule has 88 valence electrons. The zero-order valence-corrected chi connectivity index (χ0v) is 10.8. The van der Waals surface area contributed by atoms with E-state index in [1.807, 2.05) is 37.4 Å². The van der Waals surface area contributed by atoms with E-state index in [4.69, 9.17) is 5.73 Å². The number of rotatable bonds is 1. The molecule has 1 aliphatic rings. The van der Waals surface area contributed by atoms with Crippen molar-refractivity contribution in [1.29, 1.82) is 0 Å². The van der Waals surface area contributed by atoms with Gasteiger partial charge in [0.2, 0.25) is 5.91 Å². The molecular weight excluding hydrogens is 208 g/mol. The minimum Gasteiger partial charge on any atom is -0.340 e. The minimum atomic E-state index is -0.374. The molecule has 0 aliphatic carbocycles. The molecule has 0 aromatic heterocycles. The standard InChI is InChI=1S/C11H22N2OS/c1-11(2,3)9(12)10(14)13-5-4-7-15-8-6-13/h9H,4-8,12H2,1-3H3. The Balaban J connectivity index is 2.58. The lowest BCUT2D eigenvalue weighted by Crippen LogP contribution is -2.50. The van der Waals surface area contributed by atoms with Crippen molar-refractivity contribution in [1.82, 2.24) is 4.90 Å². The second-order valence-electron chi connectivity index (χ2n) is 5.13. The summed E-state index contributed by atoms with van der Waals surface area (Å²) < 4.78 is 0. The zero-order chi connectivity index (χ0) is 11.5. The number of hydrogen-bond acceptors (Lipinski definition) is 3. The molecule has 2 N–H and O–H groups in total. The van der Waals surface area contributed by atoms with Gasteiger partial charge in [0.05, 0.1) is 6.04 Å². The van der Waals surface area contributed by atoms with E-state index in [9.17, 15) is 4.79 Å². The summed E-state index contributed by atoms with van der Waals surface area (Å²) >= 11 is 1.92. The van der Waals surface area contributed by atoms with Crippen molar-refractivity contribution in [3.63, 3.8) is 0 Å². The van der Waals surface area contributed by atoms with Gasteiger partial charge < -0.3 is 10.6 Å². The number of carbonyl (C=O) groups is 1. The summed E-state index contributed by atoms with van der Waals surface area (Å²) in [5.41, 5.74) is 5.84. The van der Waals surface area contributed by atoms with Crippen molar-refractivity contribution in [3.05, 3.63) is 0 Å². The van der Waals surface area contributed by atoms with Crippen LogP contribution in [-0.2, 0) is 4.79 Å². The summed E-state index contributed by atoms with van der Waals surface area (Å²) in [6.07, 6.45) is 1.09. The van der Waals surface area contributed by atoms with Crippen molar-refractivity contribution >= 4 is 17.7 Å². The molecule has 1 aliphatic heterocycles. The predicted octanol–water partition coefficient (Wildman–Crippen LogP) is 1.33. The van der Waals surface area contributed by atoms with Crippen LogP contribution in [0.2, 0.25) is 0 Å². The zero-order valence-electron chi connectivity index (χ0n) is 9.95. The smallest absolute Gasteiger partial charge is 0.240 e. The summed E-state index contributed by atoms with van der Waals surface area (Å²) in [5, 5.41) is 0. The molecule has 0 spiro atoms. The Morgan fingerprint density at radius 3 is 2.60 bits per heavy atom. The second kappa shape index (κ2) is 5.21. The third kappa shape index (κ3) is 3.68. The molecule has 3 nitrogen and oxygen atoms in total. The van der Waals surface area contributed by atoms with Gasteiger partial charge in [-0.1, -0.05) is 20.8 Å². The topological polar surface area (TPSA) is 46.3 Å². The molecule has 1 amide bonds. The van der Waals surface area contributed by atoms with Crippen LogP contribution in [0.25, 0.3) is 0 Å². The van der Waals surface area contributed by atoms with Crippen molar-refractivity contribution < 1.29 is 4.79 Å². The second-order valence-corrected chi connectivity index (χ2v) is 6.36. The molecule has 1 rings (SSSR count). The summed E-state index contributed by atoms with van der Waals surface area (Å²) in [6, 6.07) is -0.374. The van der Waals surface area contributed by atoms with Crippen LogP contribution in [0.1, 0.15) is 27.2 Å². The minimum absolute atomic E-state index is 0.116. The predicted molar refractivity (Wildman–Crippen MR) is 66.0 cm³/mol. The number of amides is 1. The quantitative estimate of drug-likeness (QED) is 0.739.